The van der Waals surface area contributed by atoms with E-state index in [1.165, 1.54) is 10.8 Å². The second kappa shape index (κ2) is 17.4. The molecule has 0 amide bonds. The second-order valence-electron chi connectivity index (χ2n) is 18.8. The number of hydrogen-bond donors (Lipinski definition) is 9. The van der Waals surface area contributed by atoms with Crippen LogP contribution in [0.2, 0.25) is 0 Å². The summed E-state index contributed by atoms with van der Waals surface area (Å²) in [6, 6.07) is 0. The average molecular weight is 838 g/mol. The molecule has 320 valence electrons. The Hall–Kier alpha value is -1.08. The maximum Gasteiger partial charge on any atom is 0.187 e. The van der Waals surface area contributed by atoms with Crippen molar-refractivity contribution in [2.24, 2.45) is 46.8 Å². The Morgan fingerprint density at radius 3 is 2.58 bits per heavy atom. The van der Waals surface area contributed by atoms with Crippen molar-refractivity contribution in [3.05, 3.63) is 23.5 Å². The van der Waals surface area contributed by atoms with E-state index in [4.69, 9.17) is 9.47 Å². The first-order valence-electron chi connectivity index (χ1n) is 21.8. The predicted molar refractivity (Wildman–Crippen MR) is 213 cm³/mol. The first kappa shape index (κ1) is 42.6. The van der Waals surface area contributed by atoms with Gasteiger partial charge in [0.05, 0.1) is 37.0 Å². The van der Waals surface area contributed by atoms with Crippen molar-refractivity contribution in [3.8, 4) is 0 Å². The van der Waals surface area contributed by atoms with Gasteiger partial charge in [0.25, 0.3) is 0 Å². The smallest absolute Gasteiger partial charge is 0.187 e. The minimum Gasteiger partial charge on any atom is -0.511 e. The van der Waals surface area contributed by atoms with Crippen molar-refractivity contribution >= 4 is 33.2 Å². The zero-order valence-electron chi connectivity index (χ0n) is 33.0. The van der Waals surface area contributed by atoms with Crippen LogP contribution in [-0.4, -0.2) is 127 Å². The number of Topliss-reactive ketones (excluding diaryl/α,β-unsaturated/α-hetero) is 2. The molecule has 13 nitrogen and oxygen atoms in total. The molecule has 3 heterocycles. The summed E-state index contributed by atoms with van der Waals surface area (Å²) in [7, 11) is 3.05. The number of quaternary nitrogens is 1. The van der Waals surface area contributed by atoms with Crippen molar-refractivity contribution < 1.29 is 60.1 Å². The van der Waals surface area contributed by atoms with Gasteiger partial charge in [-0.1, -0.05) is 46.9 Å². The number of allylic oxidation sites excluding steroid dienone is 4. The van der Waals surface area contributed by atoms with Gasteiger partial charge in [-0.25, -0.2) is 0 Å². The SMILES string of the molecule is O=C1C2CCCC3O[C@@H]4O[C@]5(CO)CC[C@H](CC6CC[NH2+]C(C6)NCSS[C@@H](CCCO)[C@@]6(C(=O)C32)C(O)=CC(CC2CCCC(CO)C2)=C[C@@H]16)[C@](O)([C@@H]5O)[C@H]4O. The molecule has 15 heteroatoms. The summed E-state index contributed by atoms with van der Waals surface area (Å²) in [5, 5.41) is 84.8. The molecule has 10 N–H and O–H groups in total. The fourth-order valence-corrected chi connectivity index (χ4v) is 15.6. The van der Waals surface area contributed by atoms with Crippen LogP contribution in [0.5, 0.6) is 0 Å². The monoisotopic (exact) mass is 837 g/mol. The van der Waals surface area contributed by atoms with E-state index in [1.807, 2.05) is 6.08 Å². The van der Waals surface area contributed by atoms with Crippen LogP contribution in [0.3, 0.4) is 0 Å². The van der Waals surface area contributed by atoms with Crippen molar-refractivity contribution in [3.63, 3.8) is 0 Å². The Bertz CT molecular complexity index is 1550. The molecular formula is C42H65N2O11S2+. The van der Waals surface area contributed by atoms with E-state index in [0.29, 0.717) is 57.2 Å². The number of ketones is 2. The standard InChI is InChI=1S/C42H64N2O11S2/c45-13-3-8-32-41-29(17-26(18-31(41)48)15-23-4-1-5-25(14-23)20-46)35(49)28-6-2-7-30(34(28)36(41)50)54-38-37(51)42(53)27(9-11-40(21-47,55-38)39(42)52)16-24-10-12-43-33(19-24)44-22-56-57-32/h17-18,23-25,27-30,32-34,37-39,43-48,51-53H,1-16,19-22H2/p+1/t23?,24?,25?,27-,28?,29+,30?,32+,33?,34?,37+,38-,39-,40+,41+,42-/m1/s1. The number of carbonyl (C=O) groups is 2. The molecule has 0 radical (unpaired) electrons. The summed E-state index contributed by atoms with van der Waals surface area (Å²) in [5.41, 5.74) is -4.43. The fraction of sp³-hybridized carbons (Fsp3) is 0.857. The number of nitrogens with two attached hydrogens (primary N) is 1. The minimum atomic E-state index is -2.05. The lowest BCUT2D eigenvalue weighted by Crippen LogP contribution is -2.95. The molecule has 7 fully saturated rings. The van der Waals surface area contributed by atoms with Gasteiger partial charge in [-0.15, -0.1) is 0 Å². The van der Waals surface area contributed by atoms with Crippen molar-refractivity contribution in [2.45, 2.75) is 144 Å². The number of fused-ring (bicyclic) bond motifs is 4. The van der Waals surface area contributed by atoms with E-state index in [-0.39, 0.29) is 60.9 Å². The molecule has 0 aromatic carbocycles. The highest BCUT2D eigenvalue weighted by Gasteiger charge is 2.70. The topological polar surface area (TPSA) is 223 Å². The lowest BCUT2D eigenvalue weighted by Gasteiger charge is -2.61. The maximum atomic E-state index is 15.7. The Balaban J connectivity index is 1.19. The quantitative estimate of drug-likeness (QED) is 0.167. The molecule has 1 spiro atoms. The number of hydrogen-bond acceptors (Lipinski definition) is 14. The molecule has 0 aromatic rings. The van der Waals surface area contributed by atoms with Crippen LogP contribution in [0.4, 0.5) is 0 Å². The van der Waals surface area contributed by atoms with Gasteiger partial charge in [0, 0.05) is 30.8 Å². The summed E-state index contributed by atoms with van der Waals surface area (Å²) < 4.78 is 13.0. The van der Waals surface area contributed by atoms with Gasteiger partial charge >= 0.3 is 0 Å². The molecular weight excluding hydrogens is 773 g/mol. The van der Waals surface area contributed by atoms with Crippen LogP contribution in [0.25, 0.3) is 0 Å². The molecule has 7 unspecified atom stereocenters. The lowest BCUT2D eigenvalue weighted by molar-refractivity contribution is -0.704. The molecule has 7 bridgehead atoms. The van der Waals surface area contributed by atoms with Crippen molar-refractivity contribution in [1.29, 1.82) is 0 Å². The molecule has 8 aliphatic rings. The Kier molecular flexibility index (Phi) is 13.0. The number of nitrogens with one attached hydrogen (secondary N) is 1. The Labute approximate surface area is 343 Å². The highest BCUT2D eigenvalue weighted by atomic mass is 33.1. The van der Waals surface area contributed by atoms with Crippen LogP contribution in [-0.2, 0) is 19.1 Å². The van der Waals surface area contributed by atoms with E-state index in [9.17, 15) is 35.7 Å². The van der Waals surface area contributed by atoms with E-state index in [2.05, 4.69) is 10.6 Å². The van der Waals surface area contributed by atoms with Gasteiger partial charge in [0.2, 0.25) is 0 Å². The fourth-order valence-electron chi connectivity index (χ4n) is 12.7. The summed E-state index contributed by atoms with van der Waals surface area (Å²) in [5.74, 6) is -2.39. The summed E-state index contributed by atoms with van der Waals surface area (Å²) >= 11 is 0. The van der Waals surface area contributed by atoms with E-state index < -0.39 is 76.7 Å². The van der Waals surface area contributed by atoms with Crippen molar-refractivity contribution in [2.75, 3.05) is 32.2 Å². The summed E-state index contributed by atoms with van der Waals surface area (Å²) in [6.07, 6.45) is 7.68. The molecule has 4 saturated carbocycles. The highest BCUT2D eigenvalue weighted by Crippen LogP contribution is 2.60. The molecule has 57 heavy (non-hydrogen) atoms. The Morgan fingerprint density at radius 1 is 0.982 bits per heavy atom. The second-order valence-corrected chi connectivity index (χ2v) is 21.3. The number of piperidine rings is 1. The predicted octanol–water partition coefficient (Wildman–Crippen LogP) is 1.84. The number of ether oxygens (including phenoxy) is 2. The van der Waals surface area contributed by atoms with E-state index >= 15 is 9.59 Å². The van der Waals surface area contributed by atoms with Gasteiger partial charge in [0.1, 0.15) is 46.5 Å². The number of rotatable bonds is 7. The lowest BCUT2D eigenvalue weighted by atomic mass is 9.50. The van der Waals surface area contributed by atoms with Crippen LogP contribution in [0, 0.1) is 46.8 Å². The number of aliphatic hydroxyl groups excluding tert-OH is 6. The molecule has 8 rings (SSSR count). The number of aliphatic hydroxyl groups is 7. The first-order chi connectivity index (χ1) is 27.5. The molecule has 0 aromatic heterocycles. The molecule has 5 aliphatic carbocycles. The third-order valence-electron chi connectivity index (χ3n) is 15.6. The Morgan fingerprint density at radius 2 is 1.79 bits per heavy atom. The van der Waals surface area contributed by atoms with E-state index in [1.54, 1.807) is 16.9 Å². The van der Waals surface area contributed by atoms with Crippen LogP contribution in [0.1, 0.15) is 96.3 Å². The summed E-state index contributed by atoms with van der Waals surface area (Å²) in [6.45, 7) is 0.292. The zero-order chi connectivity index (χ0) is 40.1. The van der Waals surface area contributed by atoms with Gasteiger partial charge in [-0.3, -0.25) is 14.9 Å². The van der Waals surface area contributed by atoms with Crippen LogP contribution >= 0.6 is 21.6 Å². The number of carbonyl (C=O) groups excluding carboxylic acids is 2. The maximum absolute atomic E-state index is 15.7. The third-order valence-corrected chi connectivity index (χ3v) is 18.3. The molecule has 3 aliphatic heterocycles. The van der Waals surface area contributed by atoms with Crippen LogP contribution in [0.15, 0.2) is 23.5 Å². The summed E-state index contributed by atoms with van der Waals surface area (Å²) in [4.78, 5) is 30.9. The molecule has 3 saturated heterocycles. The van der Waals surface area contributed by atoms with Gasteiger partial charge in [-0.2, -0.15) is 0 Å². The third kappa shape index (κ3) is 7.43. The highest BCUT2D eigenvalue weighted by molar-refractivity contribution is 8.76. The van der Waals surface area contributed by atoms with Crippen molar-refractivity contribution in [1.82, 2.24) is 5.32 Å². The molecule has 16 atom stereocenters. The van der Waals surface area contributed by atoms with Gasteiger partial charge in [-0.05, 0) is 106 Å². The van der Waals surface area contributed by atoms with Crippen LogP contribution < -0.4 is 10.6 Å². The van der Waals surface area contributed by atoms with Gasteiger partial charge < -0.3 is 50.5 Å². The normalized spacial score (nSPS) is 47.9. The average Bonchev–Trinajstić information content (AvgIpc) is 3.21. The zero-order valence-corrected chi connectivity index (χ0v) is 34.6. The van der Waals surface area contributed by atoms with Gasteiger partial charge in [0.15, 0.2) is 12.1 Å². The largest absolute Gasteiger partial charge is 0.511 e. The first-order valence-corrected chi connectivity index (χ1v) is 24.2. The minimum absolute atomic E-state index is 0.0771. The van der Waals surface area contributed by atoms with E-state index in [0.717, 1.165) is 50.6 Å².